The minimum Gasteiger partial charge on any atom is -0.489 e. The molecule has 2 aromatic carbocycles. The molecule has 0 saturated heterocycles. The van der Waals surface area contributed by atoms with Crippen molar-refractivity contribution in [3.8, 4) is 23.1 Å². The third kappa shape index (κ3) is 5.56. The maximum Gasteiger partial charge on any atom is 0.270 e. The normalized spacial score (nSPS) is 14.2. The lowest BCUT2D eigenvalue weighted by Crippen LogP contribution is -2.16. The Balaban J connectivity index is 1.49. The van der Waals surface area contributed by atoms with Crippen molar-refractivity contribution in [2.45, 2.75) is 43.9 Å². The monoisotopic (exact) mass is 431 g/mol. The number of aromatic amines is 1. The lowest BCUT2D eigenvalue weighted by atomic mass is 9.91. The van der Waals surface area contributed by atoms with Gasteiger partial charge in [-0.25, -0.2) is 4.98 Å². The van der Waals surface area contributed by atoms with Crippen LogP contribution < -0.4 is 10.3 Å². The molecule has 6 heteroatoms. The van der Waals surface area contributed by atoms with E-state index in [0.29, 0.717) is 23.4 Å². The molecule has 0 aliphatic heterocycles. The van der Waals surface area contributed by atoms with Crippen LogP contribution in [0.15, 0.2) is 64.5 Å². The number of nitrogens with one attached hydrogen (secondary N) is 1. The van der Waals surface area contributed by atoms with Crippen molar-refractivity contribution < 1.29 is 4.74 Å². The molecule has 0 atom stereocenters. The Labute approximate surface area is 186 Å². The van der Waals surface area contributed by atoms with Crippen LogP contribution in [0.5, 0.6) is 5.75 Å². The first-order valence-corrected chi connectivity index (χ1v) is 11.7. The van der Waals surface area contributed by atoms with E-state index in [1.54, 1.807) is 11.8 Å². The van der Waals surface area contributed by atoms with Gasteiger partial charge in [0.2, 0.25) is 0 Å². The molecular weight excluding hydrogens is 406 g/mol. The van der Waals surface area contributed by atoms with Gasteiger partial charge in [0.1, 0.15) is 24.0 Å². The summed E-state index contributed by atoms with van der Waals surface area (Å²) in [6.45, 7) is 0.481. The van der Waals surface area contributed by atoms with Crippen LogP contribution in [-0.2, 0) is 6.61 Å². The summed E-state index contributed by atoms with van der Waals surface area (Å²) in [7, 11) is 0. The molecular formula is C25H25N3O2S. The topological polar surface area (TPSA) is 78.8 Å². The van der Waals surface area contributed by atoms with Crippen LogP contribution in [0.4, 0.5) is 0 Å². The summed E-state index contributed by atoms with van der Waals surface area (Å²) in [5.41, 5.74) is 1.90. The van der Waals surface area contributed by atoms with E-state index in [2.05, 4.69) is 9.97 Å². The highest BCUT2D eigenvalue weighted by Crippen LogP contribution is 2.30. The van der Waals surface area contributed by atoms with Crippen LogP contribution in [0.1, 0.15) is 43.2 Å². The zero-order chi connectivity index (χ0) is 21.5. The Morgan fingerprint density at radius 2 is 1.81 bits per heavy atom. The molecule has 1 aromatic heterocycles. The minimum absolute atomic E-state index is 0.0416. The van der Waals surface area contributed by atoms with Crippen molar-refractivity contribution in [3.05, 3.63) is 76.1 Å². The molecule has 1 aliphatic rings. The average molecular weight is 432 g/mol. The molecule has 0 amide bonds. The van der Waals surface area contributed by atoms with Crippen molar-refractivity contribution in [2.24, 2.45) is 5.92 Å². The van der Waals surface area contributed by atoms with Gasteiger partial charge in [-0.05, 0) is 48.6 Å². The quantitative estimate of drug-likeness (QED) is 0.391. The van der Waals surface area contributed by atoms with E-state index in [4.69, 9.17) is 4.74 Å². The van der Waals surface area contributed by atoms with Crippen molar-refractivity contribution in [1.82, 2.24) is 9.97 Å². The molecule has 1 heterocycles. The van der Waals surface area contributed by atoms with Crippen LogP contribution >= 0.6 is 11.8 Å². The second kappa shape index (κ2) is 10.3. The highest BCUT2D eigenvalue weighted by atomic mass is 32.2. The van der Waals surface area contributed by atoms with Crippen LogP contribution in [0.25, 0.3) is 11.3 Å². The number of nitriles is 1. The van der Waals surface area contributed by atoms with Gasteiger partial charge in [0.25, 0.3) is 5.56 Å². The van der Waals surface area contributed by atoms with E-state index in [9.17, 15) is 10.1 Å². The first-order valence-electron chi connectivity index (χ1n) is 10.7. The molecule has 31 heavy (non-hydrogen) atoms. The fourth-order valence-electron chi connectivity index (χ4n) is 3.83. The van der Waals surface area contributed by atoms with E-state index >= 15 is 0 Å². The Morgan fingerprint density at radius 3 is 2.52 bits per heavy atom. The predicted octanol–water partition coefficient (Wildman–Crippen LogP) is 5.56. The van der Waals surface area contributed by atoms with E-state index < -0.39 is 0 Å². The average Bonchev–Trinajstić information content (AvgIpc) is 2.83. The molecule has 1 N–H and O–H groups in total. The van der Waals surface area contributed by atoms with Gasteiger partial charge in [-0.2, -0.15) is 5.26 Å². The highest BCUT2D eigenvalue weighted by molar-refractivity contribution is 7.99. The molecule has 158 valence electrons. The number of H-pyrrole nitrogens is 1. The summed E-state index contributed by atoms with van der Waals surface area (Å²) < 4.78 is 5.84. The largest absolute Gasteiger partial charge is 0.489 e. The standard InChI is InChI=1S/C25H25N3O2S/c26-15-22-23(27-25(28-24(22)29)31-17-19-9-5-2-6-10-19)20-11-13-21(14-12-20)30-16-18-7-3-1-4-8-18/h1,3-4,7-8,11-14,19H,2,5-6,9-10,16-17H2,(H,27,28,29). The van der Waals surface area contributed by atoms with Crippen molar-refractivity contribution >= 4 is 11.8 Å². The Bertz CT molecular complexity index is 1100. The first kappa shape index (κ1) is 21.2. The maximum absolute atomic E-state index is 12.5. The summed E-state index contributed by atoms with van der Waals surface area (Å²) in [6, 6.07) is 19.4. The van der Waals surface area contributed by atoms with Gasteiger partial charge in [-0.3, -0.25) is 4.79 Å². The molecule has 0 unspecified atom stereocenters. The number of thioether (sulfide) groups is 1. The summed E-state index contributed by atoms with van der Waals surface area (Å²) in [5, 5.41) is 10.1. The van der Waals surface area contributed by atoms with Crippen LogP contribution in [-0.4, -0.2) is 15.7 Å². The zero-order valence-corrected chi connectivity index (χ0v) is 18.2. The van der Waals surface area contributed by atoms with Gasteiger partial charge >= 0.3 is 0 Å². The number of hydrogen-bond donors (Lipinski definition) is 1. The number of hydrogen-bond acceptors (Lipinski definition) is 5. The van der Waals surface area contributed by atoms with Crippen LogP contribution in [0, 0.1) is 17.2 Å². The Morgan fingerprint density at radius 1 is 1.06 bits per heavy atom. The SMILES string of the molecule is N#Cc1c(-c2ccc(OCc3ccccc3)cc2)nc(SCC2CCCCC2)[nH]c1=O. The molecule has 0 radical (unpaired) electrons. The molecule has 5 nitrogen and oxygen atoms in total. The summed E-state index contributed by atoms with van der Waals surface area (Å²) in [6.07, 6.45) is 6.37. The predicted molar refractivity (Wildman–Crippen MR) is 123 cm³/mol. The minimum atomic E-state index is -0.386. The molecule has 0 bridgehead atoms. The number of rotatable bonds is 7. The van der Waals surface area contributed by atoms with E-state index in [1.807, 2.05) is 60.7 Å². The second-order valence-corrected chi connectivity index (χ2v) is 8.83. The van der Waals surface area contributed by atoms with Crippen molar-refractivity contribution in [2.75, 3.05) is 5.75 Å². The maximum atomic E-state index is 12.5. The Hall–Kier alpha value is -3.04. The van der Waals surface area contributed by atoms with Crippen molar-refractivity contribution in [3.63, 3.8) is 0 Å². The molecule has 0 spiro atoms. The number of aromatic nitrogens is 2. The number of ether oxygens (including phenoxy) is 1. The summed E-state index contributed by atoms with van der Waals surface area (Å²) in [5.74, 6) is 2.34. The van der Waals surface area contributed by atoms with Crippen LogP contribution in [0.3, 0.4) is 0 Å². The smallest absolute Gasteiger partial charge is 0.270 e. The summed E-state index contributed by atoms with van der Waals surface area (Å²) in [4.78, 5) is 19.9. The molecule has 1 fully saturated rings. The van der Waals surface area contributed by atoms with Crippen LogP contribution in [0.2, 0.25) is 0 Å². The number of benzene rings is 2. The molecule has 1 saturated carbocycles. The highest BCUT2D eigenvalue weighted by Gasteiger charge is 2.17. The Kier molecular flexibility index (Phi) is 7.06. The third-order valence-corrected chi connectivity index (χ3v) is 6.67. The first-order chi connectivity index (χ1) is 15.2. The van der Waals surface area contributed by atoms with Gasteiger partial charge in [0, 0.05) is 11.3 Å². The van der Waals surface area contributed by atoms with Crippen molar-refractivity contribution in [1.29, 1.82) is 5.26 Å². The van der Waals surface area contributed by atoms with E-state index in [-0.39, 0.29) is 11.1 Å². The summed E-state index contributed by atoms with van der Waals surface area (Å²) >= 11 is 1.58. The lowest BCUT2D eigenvalue weighted by Gasteiger charge is -2.20. The number of nitrogens with zero attached hydrogens (tertiary/aromatic N) is 2. The zero-order valence-electron chi connectivity index (χ0n) is 17.3. The van der Waals surface area contributed by atoms with Gasteiger partial charge in [0.05, 0.1) is 5.69 Å². The molecule has 3 aromatic rings. The molecule has 1 aliphatic carbocycles. The van der Waals surface area contributed by atoms with E-state index in [1.165, 1.54) is 32.1 Å². The van der Waals surface area contributed by atoms with Gasteiger partial charge in [-0.1, -0.05) is 61.4 Å². The fraction of sp³-hybridized carbons (Fsp3) is 0.320. The van der Waals surface area contributed by atoms with Gasteiger partial charge in [-0.15, -0.1) is 0 Å². The van der Waals surface area contributed by atoms with E-state index in [0.717, 1.165) is 22.6 Å². The molecule has 4 rings (SSSR count). The van der Waals surface area contributed by atoms with Gasteiger partial charge in [0.15, 0.2) is 5.16 Å². The second-order valence-electron chi connectivity index (χ2n) is 7.82. The lowest BCUT2D eigenvalue weighted by molar-refractivity contribution is 0.306. The third-order valence-electron chi connectivity index (χ3n) is 5.57. The fourth-order valence-corrected chi connectivity index (χ4v) is 4.88. The van der Waals surface area contributed by atoms with Gasteiger partial charge < -0.3 is 9.72 Å².